The predicted molar refractivity (Wildman–Crippen MR) is 58.4 cm³/mol. The first-order valence-corrected chi connectivity index (χ1v) is 5.81. The van der Waals surface area contributed by atoms with Crippen molar-refractivity contribution in [1.82, 2.24) is 4.90 Å². The van der Waals surface area contributed by atoms with Gasteiger partial charge in [0.25, 0.3) is 0 Å². The molecule has 0 spiro atoms. The van der Waals surface area contributed by atoms with Gasteiger partial charge in [0.15, 0.2) is 0 Å². The Morgan fingerprint density at radius 3 is 2.53 bits per heavy atom. The average Bonchev–Trinajstić information content (AvgIpc) is 2.26. The van der Waals surface area contributed by atoms with Crippen LogP contribution in [0.3, 0.4) is 0 Å². The third-order valence-corrected chi connectivity index (χ3v) is 3.65. The molecule has 1 N–H and O–H groups in total. The molecule has 0 aromatic rings. The standard InChI is InChI=1S/C11H20N2O2/c1-3-8(2)13-10-4-9(12-14)5-11(13)7-15-6-10/h8,10-11,14H,3-7H2,1-2H3. The van der Waals surface area contributed by atoms with Gasteiger partial charge in [-0.05, 0) is 13.3 Å². The smallest absolute Gasteiger partial charge is 0.0626 e. The third kappa shape index (κ3) is 2.01. The van der Waals surface area contributed by atoms with Gasteiger partial charge in [0.05, 0.1) is 18.9 Å². The maximum Gasteiger partial charge on any atom is 0.0626 e. The minimum absolute atomic E-state index is 0.415. The first-order valence-electron chi connectivity index (χ1n) is 5.81. The molecule has 2 aliphatic heterocycles. The lowest BCUT2D eigenvalue weighted by molar-refractivity contribution is -0.0713. The summed E-state index contributed by atoms with van der Waals surface area (Å²) >= 11 is 0. The molecule has 0 aromatic carbocycles. The Labute approximate surface area is 90.9 Å². The first-order chi connectivity index (χ1) is 7.26. The topological polar surface area (TPSA) is 45.1 Å². The van der Waals surface area contributed by atoms with E-state index < -0.39 is 0 Å². The molecule has 0 radical (unpaired) electrons. The van der Waals surface area contributed by atoms with Crippen LogP contribution in [-0.4, -0.2) is 47.2 Å². The zero-order valence-electron chi connectivity index (χ0n) is 9.52. The first kappa shape index (κ1) is 10.9. The van der Waals surface area contributed by atoms with E-state index in [1.54, 1.807) is 0 Å². The Bertz CT molecular complexity index is 239. The summed E-state index contributed by atoms with van der Waals surface area (Å²) in [7, 11) is 0. The van der Waals surface area contributed by atoms with Gasteiger partial charge >= 0.3 is 0 Å². The number of morpholine rings is 1. The summed E-state index contributed by atoms with van der Waals surface area (Å²) in [5.41, 5.74) is 0.938. The maximum atomic E-state index is 8.86. The summed E-state index contributed by atoms with van der Waals surface area (Å²) in [4.78, 5) is 2.55. The number of oxime groups is 1. The highest BCUT2D eigenvalue weighted by molar-refractivity contribution is 5.86. The van der Waals surface area contributed by atoms with Crippen LogP contribution in [0.5, 0.6) is 0 Å². The second kappa shape index (κ2) is 4.49. The van der Waals surface area contributed by atoms with E-state index in [-0.39, 0.29) is 0 Å². The number of hydrogen-bond donors (Lipinski definition) is 1. The van der Waals surface area contributed by atoms with E-state index >= 15 is 0 Å². The van der Waals surface area contributed by atoms with Crippen LogP contribution in [0, 0.1) is 0 Å². The van der Waals surface area contributed by atoms with Gasteiger partial charge in [-0.3, -0.25) is 4.90 Å². The second-order valence-corrected chi connectivity index (χ2v) is 4.62. The summed E-state index contributed by atoms with van der Waals surface area (Å²) in [6.07, 6.45) is 2.88. The summed E-state index contributed by atoms with van der Waals surface area (Å²) in [5, 5.41) is 12.2. The van der Waals surface area contributed by atoms with E-state index in [9.17, 15) is 0 Å². The van der Waals surface area contributed by atoms with Crippen LogP contribution in [-0.2, 0) is 4.74 Å². The van der Waals surface area contributed by atoms with Crippen molar-refractivity contribution in [3.63, 3.8) is 0 Å². The van der Waals surface area contributed by atoms with E-state index in [0.717, 1.165) is 31.8 Å². The van der Waals surface area contributed by atoms with Gasteiger partial charge in [-0.25, -0.2) is 0 Å². The molecule has 86 valence electrons. The van der Waals surface area contributed by atoms with Gasteiger partial charge in [-0.15, -0.1) is 0 Å². The summed E-state index contributed by atoms with van der Waals surface area (Å²) < 4.78 is 5.58. The van der Waals surface area contributed by atoms with Crippen molar-refractivity contribution in [3.05, 3.63) is 0 Å². The minimum atomic E-state index is 0.415. The molecule has 2 rings (SSSR count). The molecular weight excluding hydrogens is 192 g/mol. The molecule has 2 aliphatic rings. The van der Waals surface area contributed by atoms with E-state index in [4.69, 9.17) is 9.94 Å². The lowest BCUT2D eigenvalue weighted by Gasteiger charge is -2.48. The Morgan fingerprint density at radius 2 is 2.07 bits per heavy atom. The van der Waals surface area contributed by atoms with E-state index in [1.165, 1.54) is 6.42 Å². The summed E-state index contributed by atoms with van der Waals surface area (Å²) in [5.74, 6) is 0. The minimum Gasteiger partial charge on any atom is -0.411 e. The fourth-order valence-corrected chi connectivity index (χ4v) is 2.78. The highest BCUT2D eigenvalue weighted by atomic mass is 16.5. The summed E-state index contributed by atoms with van der Waals surface area (Å²) in [6, 6.07) is 1.43. The maximum absolute atomic E-state index is 8.86. The van der Waals surface area contributed by atoms with Crippen LogP contribution >= 0.6 is 0 Å². The van der Waals surface area contributed by atoms with Gasteiger partial charge in [-0.1, -0.05) is 12.1 Å². The Kier molecular flexibility index (Phi) is 3.26. The highest BCUT2D eigenvalue weighted by Gasteiger charge is 2.39. The molecule has 0 aromatic heterocycles. The van der Waals surface area contributed by atoms with Gasteiger partial charge in [0, 0.05) is 31.0 Å². The molecule has 2 saturated heterocycles. The average molecular weight is 212 g/mol. The molecule has 0 amide bonds. The molecule has 3 unspecified atom stereocenters. The molecule has 0 aliphatic carbocycles. The fourth-order valence-electron chi connectivity index (χ4n) is 2.78. The van der Waals surface area contributed by atoms with E-state index in [0.29, 0.717) is 18.1 Å². The molecule has 2 bridgehead atoms. The van der Waals surface area contributed by atoms with Crippen LogP contribution in [0.4, 0.5) is 0 Å². The molecular formula is C11H20N2O2. The Hall–Kier alpha value is -0.610. The largest absolute Gasteiger partial charge is 0.411 e. The Morgan fingerprint density at radius 1 is 1.47 bits per heavy atom. The molecule has 2 heterocycles. The number of nitrogens with zero attached hydrogens (tertiary/aromatic N) is 2. The molecule has 0 saturated carbocycles. The highest BCUT2D eigenvalue weighted by Crippen LogP contribution is 2.28. The van der Waals surface area contributed by atoms with Crippen molar-refractivity contribution >= 4 is 5.71 Å². The zero-order chi connectivity index (χ0) is 10.8. The van der Waals surface area contributed by atoms with Gasteiger partial charge < -0.3 is 9.94 Å². The van der Waals surface area contributed by atoms with Crippen LogP contribution in [0.2, 0.25) is 0 Å². The monoisotopic (exact) mass is 212 g/mol. The van der Waals surface area contributed by atoms with E-state index in [1.807, 2.05) is 0 Å². The lowest BCUT2D eigenvalue weighted by Crippen LogP contribution is -2.60. The molecule has 2 fully saturated rings. The van der Waals surface area contributed by atoms with Crippen molar-refractivity contribution in [3.8, 4) is 0 Å². The van der Waals surface area contributed by atoms with Gasteiger partial charge in [-0.2, -0.15) is 0 Å². The summed E-state index contributed by atoms with van der Waals surface area (Å²) in [6.45, 7) is 6.04. The fraction of sp³-hybridized carbons (Fsp3) is 0.909. The molecule has 4 heteroatoms. The number of ether oxygens (including phenoxy) is 1. The third-order valence-electron chi connectivity index (χ3n) is 3.65. The van der Waals surface area contributed by atoms with Crippen LogP contribution in [0.1, 0.15) is 33.1 Å². The molecule has 15 heavy (non-hydrogen) atoms. The molecule has 3 atom stereocenters. The zero-order valence-corrected chi connectivity index (χ0v) is 9.52. The van der Waals surface area contributed by atoms with Crippen molar-refractivity contribution in [2.45, 2.75) is 51.2 Å². The van der Waals surface area contributed by atoms with Gasteiger partial charge in [0.2, 0.25) is 0 Å². The van der Waals surface area contributed by atoms with Crippen molar-refractivity contribution in [1.29, 1.82) is 0 Å². The SMILES string of the molecule is CCC(C)N1C2COCC1CC(=NO)C2. The lowest BCUT2D eigenvalue weighted by atomic mass is 9.90. The van der Waals surface area contributed by atoms with Crippen molar-refractivity contribution in [2.24, 2.45) is 5.16 Å². The van der Waals surface area contributed by atoms with E-state index in [2.05, 4.69) is 23.9 Å². The number of rotatable bonds is 2. The number of hydrogen-bond acceptors (Lipinski definition) is 4. The normalized spacial score (nSPS) is 33.9. The number of fused-ring (bicyclic) bond motifs is 2. The Balaban J connectivity index is 2.13. The van der Waals surface area contributed by atoms with Crippen LogP contribution in [0.15, 0.2) is 5.16 Å². The predicted octanol–water partition coefficient (Wildman–Crippen LogP) is 1.48. The van der Waals surface area contributed by atoms with Crippen LogP contribution in [0.25, 0.3) is 0 Å². The van der Waals surface area contributed by atoms with Crippen molar-refractivity contribution < 1.29 is 9.94 Å². The van der Waals surface area contributed by atoms with Crippen LogP contribution < -0.4 is 0 Å². The molecule has 4 nitrogen and oxygen atoms in total. The second-order valence-electron chi connectivity index (χ2n) is 4.62. The quantitative estimate of drug-likeness (QED) is 0.557. The number of piperidine rings is 1. The van der Waals surface area contributed by atoms with Gasteiger partial charge in [0.1, 0.15) is 0 Å². The van der Waals surface area contributed by atoms with Crippen molar-refractivity contribution in [2.75, 3.05) is 13.2 Å².